The molecular formula is C9H8N2S. The molecule has 0 atom stereocenters. The fraction of sp³-hybridized carbons (Fsp3) is 0.111. The van der Waals surface area contributed by atoms with Crippen molar-refractivity contribution in [3.05, 3.63) is 36.5 Å². The minimum Gasteiger partial charge on any atom is -0.249 e. The SMILES string of the molecule is C=CCSc1ncccc1C#N. The van der Waals surface area contributed by atoms with Gasteiger partial charge >= 0.3 is 0 Å². The van der Waals surface area contributed by atoms with Crippen molar-refractivity contribution >= 4 is 11.8 Å². The van der Waals surface area contributed by atoms with E-state index in [0.29, 0.717) is 5.56 Å². The van der Waals surface area contributed by atoms with Crippen molar-refractivity contribution < 1.29 is 0 Å². The zero-order valence-electron chi connectivity index (χ0n) is 6.53. The highest BCUT2D eigenvalue weighted by molar-refractivity contribution is 7.99. The summed E-state index contributed by atoms with van der Waals surface area (Å²) in [6.45, 7) is 3.60. The zero-order valence-corrected chi connectivity index (χ0v) is 7.34. The van der Waals surface area contributed by atoms with Crippen molar-refractivity contribution in [3.63, 3.8) is 0 Å². The number of thioether (sulfide) groups is 1. The van der Waals surface area contributed by atoms with Crippen LogP contribution in [0.2, 0.25) is 0 Å². The summed E-state index contributed by atoms with van der Waals surface area (Å²) in [6, 6.07) is 5.61. The van der Waals surface area contributed by atoms with Gasteiger partial charge in [-0.15, -0.1) is 18.3 Å². The Morgan fingerprint density at radius 1 is 1.75 bits per heavy atom. The van der Waals surface area contributed by atoms with Gasteiger partial charge in [-0.1, -0.05) is 6.08 Å². The summed E-state index contributed by atoms with van der Waals surface area (Å²) in [6.07, 6.45) is 3.48. The Bertz CT molecular complexity index is 315. The Morgan fingerprint density at radius 3 is 3.25 bits per heavy atom. The monoisotopic (exact) mass is 176 g/mol. The summed E-state index contributed by atoms with van der Waals surface area (Å²) in [4.78, 5) is 4.08. The van der Waals surface area contributed by atoms with Crippen LogP contribution in [0.4, 0.5) is 0 Å². The van der Waals surface area contributed by atoms with Crippen LogP contribution in [-0.2, 0) is 0 Å². The molecule has 1 heterocycles. The Kier molecular flexibility index (Phi) is 3.36. The third kappa shape index (κ3) is 2.11. The van der Waals surface area contributed by atoms with Gasteiger partial charge in [-0.05, 0) is 12.1 Å². The molecule has 0 bridgehead atoms. The van der Waals surface area contributed by atoms with Crippen LogP contribution in [-0.4, -0.2) is 10.7 Å². The van der Waals surface area contributed by atoms with E-state index in [1.807, 2.05) is 0 Å². The molecule has 0 N–H and O–H groups in total. The minimum absolute atomic E-state index is 0.629. The summed E-state index contributed by atoms with van der Waals surface area (Å²) >= 11 is 1.52. The molecule has 1 rings (SSSR count). The number of pyridine rings is 1. The quantitative estimate of drug-likeness (QED) is 0.523. The lowest BCUT2D eigenvalue weighted by molar-refractivity contribution is 1.11. The maximum absolute atomic E-state index is 8.69. The maximum atomic E-state index is 8.69. The van der Waals surface area contributed by atoms with Crippen LogP contribution >= 0.6 is 11.8 Å². The highest BCUT2D eigenvalue weighted by Gasteiger charge is 2.00. The van der Waals surface area contributed by atoms with Gasteiger partial charge in [0.05, 0.1) is 5.56 Å². The summed E-state index contributed by atoms with van der Waals surface area (Å²) in [5.41, 5.74) is 0.629. The first-order chi connectivity index (χ1) is 5.88. The highest BCUT2D eigenvalue weighted by Crippen LogP contribution is 2.18. The lowest BCUT2D eigenvalue weighted by Gasteiger charge is -1.97. The number of hydrogen-bond donors (Lipinski definition) is 0. The topological polar surface area (TPSA) is 36.7 Å². The molecule has 0 saturated heterocycles. The van der Waals surface area contributed by atoms with Gasteiger partial charge < -0.3 is 0 Å². The van der Waals surface area contributed by atoms with Gasteiger partial charge in [-0.2, -0.15) is 5.26 Å². The van der Waals surface area contributed by atoms with E-state index in [2.05, 4.69) is 17.6 Å². The van der Waals surface area contributed by atoms with Crippen LogP contribution in [0.3, 0.4) is 0 Å². The van der Waals surface area contributed by atoms with Crippen molar-refractivity contribution in [3.8, 4) is 6.07 Å². The van der Waals surface area contributed by atoms with Crippen LogP contribution in [0, 0.1) is 11.3 Å². The molecular weight excluding hydrogens is 168 g/mol. The number of hydrogen-bond acceptors (Lipinski definition) is 3. The van der Waals surface area contributed by atoms with E-state index in [-0.39, 0.29) is 0 Å². The van der Waals surface area contributed by atoms with Gasteiger partial charge in [0, 0.05) is 11.9 Å². The molecule has 1 aromatic heterocycles. The molecule has 0 unspecified atom stereocenters. The average molecular weight is 176 g/mol. The van der Waals surface area contributed by atoms with Crippen LogP contribution in [0.25, 0.3) is 0 Å². The zero-order chi connectivity index (χ0) is 8.81. The second kappa shape index (κ2) is 4.58. The normalized spacial score (nSPS) is 8.92. The summed E-state index contributed by atoms with van der Waals surface area (Å²) in [5, 5.41) is 9.47. The fourth-order valence-corrected chi connectivity index (χ4v) is 1.41. The standard InChI is InChI=1S/C9H8N2S/c1-2-6-12-9-8(7-10)4-3-5-11-9/h2-5H,1,6H2. The van der Waals surface area contributed by atoms with Gasteiger partial charge in [0.2, 0.25) is 0 Å². The van der Waals surface area contributed by atoms with Gasteiger partial charge in [0.1, 0.15) is 11.1 Å². The van der Waals surface area contributed by atoms with E-state index in [1.165, 1.54) is 11.8 Å². The molecule has 0 aliphatic carbocycles. The van der Waals surface area contributed by atoms with Gasteiger partial charge in [-0.3, -0.25) is 0 Å². The second-order valence-corrected chi connectivity index (χ2v) is 3.08. The van der Waals surface area contributed by atoms with Crippen molar-refractivity contribution in [1.82, 2.24) is 4.98 Å². The van der Waals surface area contributed by atoms with Crippen LogP contribution < -0.4 is 0 Å². The number of nitrogens with zero attached hydrogens (tertiary/aromatic N) is 2. The first kappa shape index (κ1) is 8.82. The first-order valence-corrected chi connectivity index (χ1v) is 4.46. The molecule has 0 aromatic carbocycles. The van der Waals surface area contributed by atoms with E-state index in [9.17, 15) is 0 Å². The molecule has 0 aliphatic heterocycles. The van der Waals surface area contributed by atoms with Gasteiger partial charge in [0.15, 0.2) is 0 Å². The lowest BCUT2D eigenvalue weighted by atomic mass is 10.3. The van der Waals surface area contributed by atoms with Gasteiger partial charge in [-0.25, -0.2) is 4.98 Å². The molecule has 2 nitrogen and oxygen atoms in total. The van der Waals surface area contributed by atoms with Crippen molar-refractivity contribution in [2.75, 3.05) is 5.75 Å². The van der Waals surface area contributed by atoms with Crippen molar-refractivity contribution in [1.29, 1.82) is 5.26 Å². The Balaban J connectivity index is 2.83. The Morgan fingerprint density at radius 2 is 2.58 bits per heavy atom. The molecule has 3 heteroatoms. The lowest BCUT2D eigenvalue weighted by Crippen LogP contribution is -1.85. The van der Waals surface area contributed by atoms with Crippen LogP contribution in [0.1, 0.15) is 5.56 Å². The molecule has 1 aromatic rings. The third-order valence-electron chi connectivity index (χ3n) is 1.23. The Labute approximate surface area is 75.9 Å². The van der Waals surface area contributed by atoms with Crippen LogP contribution in [0.15, 0.2) is 36.0 Å². The minimum atomic E-state index is 0.629. The van der Waals surface area contributed by atoms with E-state index in [4.69, 9.17) is 5.26 Å². The maximum Gasteiger partial charge on any atom is 0.114 e. The van der Waals surface area contributed by atoms with E-state index < -0.39 is 0 Å². The summed E-state index contributed by atoms with van der Waals surface area (Å²) in [5.74, 6) is 0.783. The molecule has 0 amide bonds. The van der Waals surface area contributed by atoms with E-state index in [0.717, 1.165) is 10.8 Å². The number of aromatic nitrogens is 1. The van der Waals surface area contributed by atoms with Gasteiger partial charge in [0.25, 0.3) is 0 Å². The molecule has 0 spiro atoms. The molecule has 0 radical (unpaired) electrons. The molecule has 0 saturated carbocycles. The Hall–Kier alpha value is -1.27. The smallest absolute Gasteiger partial charge is 0.114 e. The summed E-state index contributed by atoms with van der Waals surface area (Å²) in [7, 11) is 0. The predicted octanol–water partition coefficient (Wildman–Crippen LogP) is 2.23. The highest BCUT2D eigenvalue weighted by atomic mass is 32.2. The molecule has 12 heavy (non-hydrogen) atoms. The molecule has 0 fully saturated rings. The summed E-state index contributed by atoms with van der Waals surface area (Å²) < 4.78 is 0. The second-order valence-electron chi connectivity index (χ2n) is 2.07. The largest absolute Gasteiger partial charge is 0.249 e. The fourth-order valence-electron chi connectivity index (χ4n) is 0.729. The predicted molar refractivity (Wildman–Crippen MR) is 49.9 cm³/mol. The number of nitriles is 1. The molecule has 0 aliphatic rings. The van der Waals surface area contributed by atoms with Crippen molar-refractivity contribution in [2.24, 2.45) is 0 Å². The molecule has 60 valence electrons. The van der Waals surface area contributed by atoms with E-state index in [1.54, 1.807) is 24.4 Å². The third-order valence-corrected chi connectivity index (χ3v) is 2.23. The average Bonchev–Trinajstić information content (AvgIpc) is 2.15. The van der Waals surface area contributed by atoms with E-state index >= 15 is 0 Å². The van der Waals surface area contributed by atoms with Crippen molar-refractivity contribution in [2.45, 2.75) is 5.03 Å². The van der Waals surface area contributed by atoms with Crippen LogP contribution in [0.5, 0.6) is 0 Å². The number of rotatable bonds is 3. The first-order valence-electron chi connectivity index (χ1n) is 3.47.